The second-order valence-corrected chi connectivity index (χ2v) is 28.3. The maximum atomic E-state index is 13.0. The van der Waals surface area contributed by atoms with E-state index in [2.05, 4.69) is 43.8 Å². The van der Waals surface area contributed by atoms with E-state index in [1.54, 1.807) is 74.4 Å². The highest BCUT2D eigenvalue weighted by molar-refractivity contribution is 7.61. The van der Waals surface area contributed by atoms with Gasteiger partial charge < -0.3 is 80.0 Å². The number of nitrogens with two attached hydrogens (primary N) is 2. The lowest BCUT2D eigenvalue weighted by atomic mass is 10.1. The number of nitrogens with zero attached hydrogens (tertiary/aromatic N) is 11. The molecule has 16 atom stereocenters. The maximum absolute atomic E-state index is 13.0. The van der Waals surface area contributed by atoms with Crippen molar-refractivity contribution in [2.75, 3.05) is 51.0 Å². The zero-order chi connectivity index (χ0) is 66.1. The van der Waals surface area contributed by atoms with Gasteiger partial charge in [0, 0.05) is 31.0 Å². The molecular formula is C49H66N14O24P4. The molecule has 496 valence electrons. The number of carbonyl (C=O) groups is 3. The van der Waals surface area contributed by atoms with Crippen LogP contribution in [0.4, 0.5) is 16.4 Å². The first-order valence-electron chi connectivity index (χ1n) is 27.6. The molecule has 6 aromatic rings. The molecule has 10 rings (SSSR count). The van der Waals surface area contributed by atoms with Gasteiger partial charge in [-0.2, -0.15) is 4.57 Å². The highest BCUT2D eigenvalue weighted by Crippen LogP contribution is 2.60. The number of nitrogens with one attached hydrogen (secondary N) is 1. The number of pyridine rings is 2. The predicted octanol–water partition coefficient (Wildman–Crippen LogP) is -0.873. The Morgan fingerprint density at radius 1 is 0.670 bits per heavy atom. The van der Waals surface area contributed by atoms with E-state index in [0.717, 1.165) is 6.33 Å². The number of imidazole rings is 2. The van der Waals surface area contributed by atoms with E-state index in [0.29, 0.717) is 24.1 Å². The topological polar surface area (TPSA) is 532 Å². The molecule has 10 heterocycles. The van der Waals surface area contributed by atoms with Crippen molar-refractivity contribution in [3.63, 3.8) is 0 Å². The third-order valence-corrected chi connectivity index (χ3v) is 19.7. The number of aromatic nitrogens is 10. The first kappa shape index (κ1) is 69.2. The second kappa shape index (κ2) is 27.8. The zero-order valence-corrected chi connectivity index (χ0v) is 52.5. The lowest BCUT2D eigenvalue weighted by molar-refractivity contribution is -0.719. The van der Waals surface area contributed by atoms with Gasteiger partial charge in [0.15, 0.2) is 83.8 Å². The molecule has 8 unspecified atom stereocenters. The van der Waals surface area contributed by atoms with Crippen molar-refractivity contribution in [1.29, 1.82) is 0 Å². The first-order valence-corrected chi connectivity index (χ1v) is 33.5. The Hall–Kier alpha value is -6.15. The number of phosphoric acid groups is 4. The van der Waals surface area contributed by atoms with Gasteiger partial charge in [-0.1, -0.05) is 0 Å². The molecule has 91 heavy (non-hydrogen) atoms. The Labute approximate surface area is 516 Å². The molecule has 38 nitrogen and oxygen atoms in total. The molecule has 0 bridgehead atoms. The van der Waals surface area contributed by atoms with Crippen molar-refractivity contribution in [3.05, 3.63) is 85.5 Å². The zero-order valence-electron chi connectivity index (χ0n) is 48.9. The van der Waals surface area contributed by atoms with Crippen molar-refractivity contribution >= 4 is 82.9 Å². The van der Waals surface area contributed by atoms with E-state index in [4.69, 9.17) is 43.8 Å². The van der Waals surface area contributed by atoms with Crippen LogP contribution in [-0.4, -0.2) is 186 Å². The van der Waals surface area contributed by atoms with E-state index in [1.807, 2.05) is 4.57 Å². The standard InChI is InChI=1S/C27H37N7O13P2.C22H29N7O11P2/c1-15(35)16-6-5-7-32(9-16)17-8-18(33(10-17)26(38)46-27(2,3)4)11-43-48(39,40)47-49(41,42)44-12-19-21(36)22(37)25(45-19)34-14-31-20-23(28)29-13-30-24(20)34;1-12(30)13-3-2-4-28(7-13)15-5-14(24-6-15)8-37-41(33,34)40-42(35,36)38-9-16-18(31)19(32)22(39-16)29-11-27-17-20(23)25-10-26-21(17)29/h5-7,9,13-14,17-19,21-22,25,36-37H,8,10-12H2,1-4H3,(H3-,28,29,30,39,40,41,42);2-4,7,10-11,14-16,18-19,22,24,31-32H,5-6,8-9H2,1H3,(H3-,23,25,26,33,34,35,36)/t17?,18-,19+,21+,22+,25?;14-,15?,16+,18+,19+,22?/m00/s1. The summed E-state index contributed by atoms with van der Waals surface area (Å²) >= 11 is 0. The minimum absolute atomic E-state index is 0.0583. The van der Waals surface area contributed by atoms with E-state index in [-0.39, 0.29) is 64.5 Å². The van der Waals surface area contributed by atoms with Gasteiger partial charge in [-0.05, 0) is 46.8 Å². The molecule has 0 aliphatic carbocycles. The van der Waals surface area contributed by atoms with Crippen LogP contribution in [0.15, 0.2) is 74.4 Å². The number of likely N-dealkylation sites (tertiary alicyclic amines) is 1. The first-order chi connectivity index (χ1) is 42.7. The fourth-order valence-corrected chi connectivity index (χ4v) is 14.3. The smallest absolute Gasteiger partial charge is 0.478 e. The molecule has 0 saturated carbocycles. The average Bonchev–Trinajstić information content (AvgIpc) is 1.64. The van der Waals surface area contributed by atoms with Gasteiger partial charge in [-0.3, -0.25) is 41.8 Å². The number of hydrogen-bond donors (Lipinski definition) is 9. The Kier molecular flexibility index (Phi) is 21.2. The van der Waals surface area contributed by atoms with Crippen LogP contribution in [0.3, 0.4) is 0 Å². The van der Waals surface area contributed by atoms with Gasteiger partial charge >= 0.3 is 21.7 Å². The van der Waals surface area contributed by atoms with Crippen LogP contribution in [0.1, 0.15) is 92.7 Å². The Bertz CT molecular complexity index is 3850. The molecule has 0 radical (unpaired) electrons. The number of hydrogen-bond acceptors (Lipinski definition) is 31. The Morgan fingerprint density at radius 3 is 1.59 bits per heavy atom. The van der Waals surface area contributed by atoms with Crippen molar-refractivity contribution in [1.82, 2.24) is 49.3 Å². The number of amides is 1. The number of phosphoric ester groups is 4. The number of Topliss-reactive ketones (excluding diaryl/α,β-unsaturated/α-hetero) is 2. The highest BCUT2D eigenvalue weighted by atomic mass is 31.3. The van der Waals surface area contributed by atoms with Crippen LogP contribution in [0, 0.1) is 0 Å². The second-order valence-electron chi connectivity index (χ2n) is 22.3. The van der Waals surface area contributed by atoms with E-state index in [9.17, 15) is 72.6 Å². The summed E-state index contributed by atoms with van der Waals surface area (Å²) in [5.41, 5.74) is 12.4. The molecule has 4 aliphatic rings. The van der Waals surface area contributed by atoms with Gasteiger partial charge in [0.1, 0.15) is 65.9 Å². The molecule has 4 aliphatic heterocycles. The van der Waals surface area contributed by atoms with Crippen molar-refractivity contribution in [2.45, 2.75) is 126 Å². The predicted molar refractivity (Wildman–Crippen MR) is 301 cm³/mol. The van der Waals surface area contributed by atoms with Gasteiger partial charge in [0.25, 0.3) is 15.6 Å². The fraction of sp³-hybridized carbons (Fsp3) is 0.531. The molecular weight excluding hydrogens is 1290 g/mol. The summed E-state index contributed by atoms with van der Waals surface area (Å²) in [5, 5.41) is 45.1. The number of fused-ring (bicyclic) bond motifs is 2. The summed E-state index contributed by atoms with van der Waals surface area (Å²) in [6, 6.07) is 4.91. The summed E-state index contributed by atoms with van der Waals surface area (Å²) in [6.45, 7) is 5.62. The summed E-state index contributed by atoms with van der Waals surface area (Å²) in [7, 11) is -21.5. The molecule has 4 fully saturated rings. The molecule has 0 aromatic carbocycles. The van der Waals surface area contributed by atoms with Crippen molar-refractivity contribution in [2.24, 2.45) is 0 Å². The quantitative estimate of drug-likeness (QED) is 0.0226. The maximum Gasteiger partial charge on any atom is 0.478 e. The summed E-state index contributed by atoms with van der Waals surface area (Å²) in [4.78, 5) is 107. The number of aliphatic hydroxyl groups is 4. The minimum Gasteiger partial charge on any atom is -0.756 e. The average molecular weight is 1360 g/mol. The normalized spacial score (nSPS) is 27.8. The highest BCUT2D eigenvalue weighted by Gasteiger charge is 2.49. The number of carbonyl (C=O) groups excluding carboxylic acids is 3. The number of ether oxygens (including phenoxy) is 3. The third kappa shape index (κ3) is 17.0. The van der Waals surface area contributed by atoms with Gasteiger partial charge in [0.2, 0.25) is 0 Å². The number of ketones is 2. The summed E-state index contributed by atoms with van der Waals surface area (Å²) < 4.78 is 101. The monoisotopic (exact) mass is 1360 g/mol. The van der Waals surface area contributed by atoms with E-state index < -0.39 is 137 Å². The van der Waals surface area contributed by atoms with Gasteiger partial charge in [-0.25, -0.2) is 57.0 Å². The fourth-order valence-electron chi connectivity index (χ4n) is 10.2. The van der Waals surface area contributed by atoms with Crippen LogP contribution < -0.4 is 35.7 Å². The molecule has 11 N–H and O–H groups in total. The molecule has 1 amide bonds. The lowest BCUT2D eigenvalue weighted by Gasteiger charge is -2.30. The minimum atomic E-state index is -5.56. The van der Waals surface area contributed by atoms with Crippen LogP contribution in [0.2, 0.25) is 0 Å². The van der Waals surface area contributed by atoms with Crippen molar-refractivity contribution < 1.29 is 123 Å². The molecule has 42 heteroatoms. The van der Waals surface area contributed by atoms with Gasteiger partial charge in [-0.15, -0.1) is 0 Å². The van der Waals surface area contributed by atoms with Crippen LogP contribution in [-0.2, 0) is 59.2 Å². The Morgan fingerprint density at radius 2 is 1.13 bits per heavy atom. The van der Waals surface area contributed by atoms with Crippen LogP contribution in [0.25, 0.3) is 22.3 Å². The number of nitrogen functional groups attached to an aromatic ring is 2. The summed E-state index contributed by atoms with van der Waals surface area (Å²) in [5.74, 6) is -0.124. The molecule has 4 saturated heterocycles. The molecule has 0 spiro atoms. The van der Waals surface area contributed by atoms with Gasteiger partial charge in [0.05, 0.1) is 69.3 Å². The lowest BCUT2D eigenvalue weighted by Crippen LogP contribution is -2.44. The van der Waals surface area contributed by atoms with Crippen LogP contribution in [0.5, 0.6) is 0 Å². The third-order valence-electron chi connectivity index (χ3n) is 14.6. The Balaban J connectivity index is 0.000000218. The van der Waals surface area contributed by atoms with E-state index in [1.165, 1.54) is 46.9 Å². The number of rotatable bonds is 22. The summed E-state index contributed by atoms with van der Waals surface area (Å²) in [6.07, 6.45) is -0.175. The SMILES string of the molecule is CC(=O)c1ccc[n+](C2CN[C@H](COP(=O)([O-])OP(=O)(O)OC[C@H]3OC(n4cnc5c(N)ncnc54)[C@H](O)[C@@H]3O)C2)c1.CC(=O)c1ccc[n+](C2C[C@@H](COP(=O)([O-])OP(=O)(O)OC[C@H]3OC(n4cnc5c(N)ncnc54)[C@H](O)[C@@H]3O)N(C(=O)OC(C)(C)C)C2)c1. The molecule has 6 aromatic heterocycles. The number of anilines is 2. The van der Waals surface area contributed by atoms with Crippen LogP contribution >= 0.6 is 31.3 Å². The number of aliphatic hydroxyl groups excluding tert-OH is 4. The largest absolute Gasteiger partial charge is 0.756 e. The van der Waals surface area contributed by atoms with E-state index >= 15 is 0 Å². The van der Waals surface area contributed by atoms with Crippen molar-refractivity contribution in [3.8, 4) is 0 Å².